The number of para-hydroxylation sites is 1. The fraction of sp³-hybridized carbons (Fsp3) is 0.353. The average molecular weight is 328 g/mol. The molecule has 24 heavy (non-hydrogen) atoms. The van der Waals surface area contributed by atoms with Crippen molar-refractivity contribution in [3.8, 4) is 11.6 Å². The average Bonchev–Trinajstić information content (AvgIpc) is 2.67. The van der Waals surface area contributed by atoms with E-state index in [1.807, 2.05) is 35.2 Å². The van der Waals surface area contributed by atoms with Crippen molar-refractivity contribution in [1.29, 1.82) is 0 Å². The molecule has 1 aromatic carbocycles. The van der Waals surface area contributed by atoms with Gasteiger partial charge in [0.1, 0.15) is 5.75 Å². The summed E-state index contributed by atoms with van der Waals surface area (Å²) >= 11 is 0. The number of hydrogen-bond donors (Lipinski definition) is 0. The summed E-state index contributed by atoms with van der Waals surface area (Å²) in [5.41, 5.74) is 0. The zero-order valence-corrected chi connectivity index (χ0v) is 13.6. The molecule has 0 bridgehead atoms. The van der Waals surface area contributed by atoms with Gasteiger partial charge in [0.25, 0.3) is 5.91 Å². The van der Waals surface area contributed by atoms with Crippen LogP contribution in [-0.4, -0.2) is 60.7 Å². The highest BCUT2D eigenvalue weighted by Crippen LogP contribution is 2.15. The van der Waals surface area contributed by atoms with E-state index in [0.29, 0.717) is 43.8 Å². The van der Waals surface area contributed by atoms with Gasteiger partial charge in [-0.25, -0.2) is 4.98 Å². The topological polar surface area (TPSA) is 67.8 Å². The van der Waals surface area contributed by atoms with Crippen LogP contribution in [0.4, 0.5) is 5.95 Å². The molecule has 1 aromatic heterocycles. The largest absolute Gasteiger partial charge is 0.484 e. The zero-order valence-electron chi connectivity index (χ0n) is 13.6. The van der Waals surface area contributed by atoms with E-state index in [1.165, 1.54) is 0 Å². The van der Waals surface area contributed by atoms with Crippen molar-refractivity contribution in [3.63, 3.8) is 0 Å². The normalized spacial score (nSPS) is 14.4. The van der Waals surface area contributed by atoms with E-state index >= 15 is 0 Å². The molecule has 0 spiro atoms. The van der Waals surface area contributed by atoms with Crippen molar-refractivity contribution >= 4 is 11.9 Å². The molecule has 2 aromatic rings. The maximum atomic E-state index is 12.2. The number of carbonyl (C=O) groups excluding carboxylic acids is 1. The standard InChI is InChI=1S/C17H20N4O3/c1-23-15-7-8-18-17(19-15)21-11-9-20(10-12-21)16(22)13-24-14-5-3-2-4-6-14/h2-8H,9-13H2,1H3. The summed E-state index contributed by atoms with van der Waals surface area (Å²) in [6.07, 6.45) is 1.67. The number of piperazine rings is 1. The molecular formula is C17H20N4O3. The Labute approximate surface area is 140 Å². The van der Waals surface area contributed by atoms with Gasteiger partial charge in [0, 0.05) is 38.4 Å². The second kappa shape index (κ2) is 7.63. The van der Waals surface area contributed by atoms with Crippen LogP contribution >= 0.6 is 0 Å². The second-order valence-electron chi connectivity index (χ2n) is 5.37. The molecule has 7 nitrogen and oxygen atoms in total. The Bertz CT molecular complexity index is 673. The van der Waals surface area contributed by atoms with Gasteiger partial charge in [-0.05, 0) is 12.1 Å². The number of anilines is 1. The summed E-state index contributed by atoms with van der Waals surface area (Å²) < 4.78 is 10.6. The lowest BCUT2D eigenvalue weighted by Crippen LogP contribution is -2.50. The Morgan fingerprint density at radius 3 is 2.58 bits per heavy atom. The summed E-state index contributed by atoms with van der Waals surface area (Å²) in [7, 11) is 1.58. The molecule has 7 heteroatoms. The van der Waals surface area contributed by atoms with Gasteiger partial charge in [-0.2, -0.15) is 4.98 Å². The number of methoxy groups -OCH3 is 1. The van der Waals surface area contributed by atoms with Crippen LogP contribution in [-0.2, 0) is 4.79 Å². The van der Waals surface area contributed by atoms with E-state index in [0.717, 1.165) is 0 Å². The number of amides is 1. The van der Waals surface area contributed by atoms with Gasteiger partial charge in [-0.3, -0.25) is 4.79 Å². The van der Waals surface area contributed by atoms with E-state index in [9.17, 15) is 4.79 Å². The molecule has 1 aliphatic rings. The number of aromatic nitrogens is 2. The quantitative estimate of drug-likeness (QED) is 0.822. The maximum Gasteiger partial charge on any atom is 0.260 e. The number of nitrogens with zero attached hydrogens (tertiary/aromatic N) is 4. The summed E-state index contributed by atoms with van der Waals surface area (Å²) in [5.74, 6) is 1.86. The van der Waals surface area contributed by atoms with E-state index in [4.69, 9.17) is 9.47 Å². The number of rotatable bonds is 5. The molecule has 0 atom stereocenters. The molecule has 126 valence electrons. The van der Waals surface area contributed by atoms with Crippen LogP contribution in [0.25, 0.3) is 0 Å². The summed E-state index contributed by atoms with van der Waals surface area (Å²) in [4.78, 5) is 24.7. The fourth-order valence-electron chi connectivity index (χ4n) is 2.51. The summed E-state index contributed by atoms with van der Waals surface area (Å²) in [6.45, 7) is 2.67. The summed E-state index contributed by atoms with van der Waals surface area (Å²) in [5, 5.41) is 0. The highest BCUT2D eigenvalue weighted by Gasteiger charge is 2.23. The third-order valence-corrected chi connectivity index (χ3v) is 3.85. The van der Waals surface area contributed by atoms with Crippen LogP contribution in [0.3, 0.4) is 0 Å². The molecule has 0 saturated carbocycles. The first-order chi connectivity index (χ1) is 11.8. The first-order valence-corrected chi connectivity index (χ1v) is 7.84. The van der Waals surface area contributed by atoms with Gasteiger partial charge >= 0.3 is 0 Å². The minimum absolute atomic E-state index is 0.00920. The third kappa shape index (κ3) is 3.92. The lowest BCUT2D eigenvalue weighted by molar-refractivity contribution is -0.133. The van der Waals surface area contributed by atoms with Crippen LogP contribution in [0.5, 0.6) is 11.6 Å². The third-order valence-electron chi connectivity index (χ3n) is 3.85. The number of ether oxygens (including phenoxy) is 2. The van der Waals surface area contributed by atoms with Crippen LogP contribution in [0.2, 0.25) is 0 Å². The van der Waals surface area contributed by atoms with Gasteiger partial charge in [0.05, 0.1) is 7.11 Å². The van der Waals surface area contributed by atoms with Gasteiger partial charge in [-0.1, -0.05) is 18.2 Å². The second-order valence-corrected chi connectivity index (χ2v) is 5.37. The molecule has 1 aliphatic heterocycles. The monoisotopic (exact) mass is 328 g/mol. The van der Waals surface area contributed by atoms with E-state index < -0.39 is 0 Å². The van der Waals surface area contributed by atoms with E-state index in [1.54, 1.807) is 24.3 Å². The molecule has 0 N–H and O–H groups in total. The van der Waals surface area contributed by atoms with Gasteiger partial charge < -0.3 is 19.3 Å². The molecular weight excluding hydrogens is 308 g/mol. The Kier molecular flexibility index (Phi) is 5.10. The fourth-order valence-corrected chi connectivity index (χ4v) is 2.51. The number of hydrogen-bond acceptors (Lipinski definition) is 6. The molecule has 2 heterocycles. The minimum atomic E-state index is -0.00920. The maximum absolute atomic E-state index is 12.2. The van der Waals surface area contributed by atoms with Gasteiger partial charge in [-0.15, -0.1) is 0 Å². The van der Waals surface area contributed by atoms with Gasteiger partial charge in [0.15, 0.2) is 6.61 Å². The van der Waals surface area contributed by atoms with Crippen molar-refractivity contribution in [3.05, 3.63) is 42.6 Å². The molecule has 0 aliphatic carbocycles. The van der Waals surface area contributed by atoms with Crippen LogP contribution in [0.1, 0.15) is 0 Å². The molecule has 0 radical (unpaired) electrons. The highest BCUT2D eigenvalue weighted by molar-refractivity contribution is 5.78. The molecule has 0 unspecified atom stereocenters. The first kappa shape index (κ1) is 16.0. The molecule has 3 rings (SSSR count). The molecule has 1 saturated heterocycles. The van der Waals surface area contributed by atoms with Crippen molar-refractivity contribution in [2.24, 2.45) is 0 Å². The van der Waals surface area contributed by atoms with Crippen molar-refractivity contribution in [2.75, 3.05) is 44.8 Å². The highest BCUT2D eigenvalue weighted by atomic mass is 16.5. The van der Waals surface area contributed by atoms with E-state index in [-0.39, 0.29) is 12.5 Å². The van der Waals surface area contributed by atoms with Crippen molar-refractivity contribution in [1.82, 2.24) is 14.9 Å². The Morgan fingerprint density at radius 1 is 1.12 bits per heavy atom. The van der Waals surface area contributed by atoms with Crippen LogP contribution in [0.15, 0.2) is 42.6 Å². The SMILES string of the molecule is COc1ccnc(N2CCN(C(=O)COc3ccccc3)CC2)n1. The lowest BCUT2D eigenvalue weighted by atomic mass is 10.3. The van der Waals surface area contributed by atoms with E-state index in [2.05, 4.69) is 9.97 Å². The van der Waals surface area contributed by atoms with Gasteiger partial charge in [0.2, 0.25) is 11.8 Å². The predicted octanol–water partition coefficient (Wildman–Crippen LogP) is 1.21. The molecule has 1 fully saturated rings. The van der Waals surface area contributed by atoms with Crippen LogP contribution in [0, 0.1) is 0 Å². The Hall–Kier alpha value is -2.83. The summed E-state index contributed by atoms with van der Waals surface area (Å²) in [6, 6.07) is 11.1. The lowest BCUT2D eigenvalue weighted by Gasteiger charge is -2.34. The smallest absolute Gasteiger partial charge is 0.260 e. The zero-order chi connectivity index (χ0) is 16.8. The Morgan fingerprint density at radius 2 is 1.88 bits per heavy atom. The van der Waals surface area contributed by atoms with Crippen molar-refractivity contribution in [2.45, 2.75) is 0 Å². The number of carbonyl (C=O) groups is 1. The minimum Gasteiger partial charge on any atom is -0.484 e. The Balaban J connectivity index is 1.50. The van der Waals surface area contributed by atoms with Crippen molar-refractivity contribution < 1.29 is 14.3 Å². The van der Waals surface area contributed by atoms with Crippen LogP contribution < -0.4 is 14.4 Å². The number of benzene rings is 1. The predicted molar refractivity (Wildman–Crippen MR) is 89.3 cm³/mol. The molecule has 1 amide bonds. The first-order valence-electron chi connectivity index (χ1n) is 7.84.